The molecule has 0 aromatic heterocycles. The van der Waals surface area contributed by atoms with Crippen LogP contribution in [0.1, 0.15) is 38.5 Å². The second kappa shape index (κ2) is 5.34. The maximum Gasteiger partial charge on any atom is 0.225 e. The van der Waals surface area contributed by atoms with Crippen molar-refractivity contribution in [3.8, 4) is 6.07 Å². The first-order valence-corrected chi connectivity index (χ1v) is 7.66. The molecule has 0 aromatic carbocycles. The monoisotopic (exact) mass is 277 g/mol. The van der Waals surface area contributed by atoms with E-state index in [2.05, 4.69) is 11.0 Å². The third-order valence-corrected chi connectivity index (χ3v) is 5.11. The lowest BCUT2D eigenvalue weighted by Gasteiger charge is -2.43. The van der Waals surface area contributed by atoms with Crippen LogP contribution in [0.5, 0.6) is 0 Å². The van der Waals surface area contributed by atoms with E-state index in [4.69, 9.17) is 4.74 Å². The summed E-state index contributed by atoms with van der Waals surface area (Å²) in [7, 11) is 1.70. The fraction of sp³-hybridized carbons (Fsp3) is 0.867. The Hall–Kier alpha value is -1.12. The van der Waals surface area contributed by atoms with Gasteiger partial charge in [-0.2, -0.15) is 5.26 Å². The summed E-state index contributed by atoms with van der Waals surface area (Å²) >= 11 is 0. The van der Waals surface area contributed by atoms with Crippen molar-refractivity contribution in [1.82, 2.24) is 9.80 Å². The van der Waals surface area contributed by atoms with Gasteiger partial charge in [0.2, 0.25) is 5.91 Å². The molecule has 1 aliphatic heterocycles. The Kier molecular flexibility index (Phi) is 3.70. The summed E-state index contributed by atoms with van der Waals surface area (Å²) in [6.45, 7) is 2.16. The van der Waals surface area contributed by atoms with Crippen LogP contribution < -0.4 is 0 Å². The van der Waals surface area contributed by atoms with Crippen LogP contribution in [0.4, 0.5) is 0 Å². The Morgan fingerprint density at radius 2 is 2.15 bits per heavy atom. The van der Waals surface area contributed by atoms with Crippen molar-refractivity contribution in [2.24, 2.45) is 0 Å². The quantitative estimate of drug-likeness (QED) is 0.773. The van der Waals surface area contributed by atoms with Gasteiger partial charge in [-0.15, -0.1) is 0 Å². The van der Waals surface area contributed by atoms with Gasteiger partial charge in [0.15, 0.2) is 0 Å². The maximum atomic E-state index is 12.4. The van der Waals surface area contributed by atoms with Gasteiger partial charge >= 0.3 is 0 Å². The summed E-state index contributed by atoms with van der Waals surface area (Å²) < 4.78 is 5.53. The predicted molar refractivity (Wildman–Crippen MR) is 73.9 cm³/mol. The molecule has 1 saturated heterocycles. The first-order valence-electron chi connectivity index (χ1n) is 7.66. The van der Waals surface area contributed by atoms with Crippen molar-refractivity contribution >= 4 is 5.91 Å². The zero-order valence-corrected chi connectivity index (χ0v) is 12.2. The van der Waals surface area contributed by atoms with E-state index in [9.17, 15) is 10.1 Å². The molecule has 5 nitrogen and oxygen atoms in total. The number of carbonyl (C=O) groups excluding carboxylic acids is 1. The molecule has 2 aliphatic carbocycles. The molecule has 110 valence electrons. The molecule has 0 spiro atoms. The molecule has 1 atom stereocenters. The maximum absolute atomic E-state index is 12.4. The minimum absolute atomic E-state index is 0.125. The number of carbonyl (C=O) groups is 1. The standard InChI is InChI=1S/C15H23N3O2/c1-20-15(5-2-6-15)9-14(19)17-7-8-18(12-3-4-12)13(10-16)11-17/h12-13H,2-9,11H2,1H3. The molecule has 1 heterocycles. The largest absolute Gasteiger partial charge is 0.378 e. The number of methoxy groups -OCH3 is 1. The highest BCUT2D eigenvalue weighted by atomic mass is 16.5. The number of amides is 1. The molecular formula is C15H23N3O2. The molecule has 5 heteroatoms. The molecular weight excluding hydrogens is 254 g/mol. The highest BCUT2D eigenvalue weighted by molar-refractivity contribution is 5.77. The summed E-state index contributed by atoms with van der Waals surface area (Å²) in [5, 5.41) is 9.32. The van der Waals surface area contributed by atoms with Gasteiger partial charge in [0, 0.05) is 32.8 Å². The van der Waals surface area contributed by atoms with Crippen molar-refractivity contribution < 1.29 is 9.53 Å². The van der Waals surface area contributed by atoms with Crippen molar-refractivity contribution in [1.29, 1.82) is 5.26 Å². The lowest BCUT2D eigenvalue weighted by molar-refractivity contribution is -0.146. The first kappa shape index (κ1) is 13.8. The van der Waals surface area contributed by atoms with Crippen LogP contribution in [-0.2, 0) is 9.53 Å². The minimum atomic E-state index is -0.215. The molecule has 0 aromatic rings. The lowest BCUT2D eigenvalue weighted by Crippen LogP contribution is -2.56. The molecule has 0 radical (unpaired) electrons. The highest BCUT2D eigenvalue weighted by Crippen LogP contribution is 2.38. The van der Waals surface area contributed by atoms with E-state index in [0.717, 1.165) is 32.4 Å². The van der Waals surface area contributed by atoms with Crippen LogP contribution in [0, 0.1) is 11.3 Å². The SMILES string of the molecule is COC1(CC(=O)N2CCN(C3CC3)C(C#N)C2)CCC1. The van der Waals surface area contributed by atoms with Gasteiger partial charge in [-0.3, -0.25) is 9.69 Å². The van der Waals surface area contributed by atoms with Crippen LogP contribution in [-0.4, -0.2) is 60.1 Å². The van der Waals surface area contributed by atoms with Crippen LogP contribution in [0.15, 0.2) is 0 Å². The normalized spacial score (nSPS) is 29.6. The summed E-state index contributed by atoms with van der Waals surface area (Å²) in [4.78, 5) is 16.6. The number of piperazine rings is 1. The number of ether oxygens (including phenoxy) is 1. The zero-order valence-electron chi connectivity index (χ0n) is 12.2. The van der Waals surface area contributed by atoms with Gasteiger partial charge in [0.25, 0.3) is 0 Å². The van der Waals surface area contributed by atoms with Crippen molar-refractivity contribution in [2.45, 2.75) is 56.2 Å². The molecule has 0 bridgehead atoms. The lowest BCUT2D eigenvalue weighted by atomic mass is 9.77. The van der Waals surface area contributed by atoms with E-state index < -0.39 is 0 Å². The van der Waals surface area contributed by atoms with Gasteiger partial charge < -0.3 is 9.64 Å². The number of nitrogens with zero attached hydrogens (tertiary/aromatic N) is 3. The molecule has 1 amide bonds. The minimum Gasteiger partial charge on any atom is -0.378 e. The van der Waals surface area contributed by atoms with Crippen LogP contribution >= 0.6 is 0 Å². The van der Waals surface area contributed by atoms with Crippen LogP contribution in [0.3, 0.4) is 0 Å². The summed E-state index contributed by atoms with van der Waals surface area (Å²) in [5.74, 6) is 0.155. The molecule has 2 saturated carbocycles. The Bertz CT molecular complexity index is 418. The number of nitriles is 1. The van der Waals surface area contributed by atoms with Crippen LogP contribution in [0.2, 0.25) is 0 Å². The molecule has 3 rings (SSSR count). The highest BCUT2D eigenvalue weighted by Gasteiger charge is 2.42. The average Bonchev–Trinajstić information content (AvgIpc) is 3.26. The fourth-order valence-electron chi connectivity index (χ4n) is 3.39. The van der Waals surface area contributed by atoms with E-state index in [1.54, 1.807) is 7.11 Å². The first-order chi connectivity index (χ1) is 9.67. The molecule has 1 unspecified atom stereocenters. The summed E-state index contributed by atoms with van der Waals surface area (Å²) in [5.41, 5.74) is -0.215. The second-order valence-corrected chi connectivity index (χ2v) is 6.37. The third kappa shape index (κ3) is 2.55. The summed E-state index contributed by atoms with van der Waals surface area (Å²) in [6.07, 6.45) is 6.01. The Morgan fingerprint density at radius 3 is 2.65 bits per heavy atom. The van der Waals surface area contributed by atoms with Crippen molar-refractivity contribution in [3.05, 3.63) is 0 Å². The predicted octanol–water partition coefficient (Wildman–Crippen LogP) is 1.14. The van der Waals surface area contributed by atoms with E-state index >= 15 is 0 Å². The third-order valence-electron chi connectivity index (χ3n) is 5.11. The van der Waals surface area contributed by atoms with Gasteiger partial charge in [-0.25, -0.2) is 0 Å². The van der Waals surface area contributed by atoms with Gasteiger partial charge in [0.1, 0.15) is 6.04 Å². The van der Waals surface area contributed by atoms with Gasteiger partial charge in [-0.05, 0) is 32.1 Å². The Balaban J connectivity index is 1.57. The van der Waals surface area contributed by atoms with E-state index in [-0.39, 0.29) is 17.6 Å². The topological polar surface area (TPSA) is 56.6 Å². The fourth-order valence-corrected chi connectivity index (χ4v) is 3.39. The molecule has 3 fully saturated rings. The van der Waals surface area contributed by atoms with Crippen molar-refractivity contribution in [3.63, 3.8) is 0 Å². The van der Waals surface area contributed by atoms with Crippen molar-refractivity contribution in [2.75, 3.05) is 26.7 Å². The zero-order chi connectivity index (χ0) is 14.2. The second-order valence-electron chi connectivity index (χ2n) is 6.37. The Morgan fingerprint density at radius 1 is 1.40 bits per heavy atom. The smallest absolute Gasteiger partial charge is 0.225 e. The summed E-state index contributed by atoms with van der Waals surface area (Å²) in [6, 6.07) is 2.83. The van der Waals surface area contributed by atoms with Gasteiger partial charge in [-0.1, -0.05) is 0 Å². The number of hydrogen-bond acceptors (Lipinski definition) is 4. The van der Waals surface area contributed by atoms with E-state index in [1.165, 1.54) is 12.8 Å². The Labute approximate surface area is 120 Å². The number of rotatable bonds is 4. The molecule has 20 heavy (non-hydrogen) atoms. The molecule has 3 aliphatic rings. The molecule has 0 N–H and O–H groups in total. The van der Waals surface area contributed by atoms with E-state index in [0.29, 0.717) is 19.0 Å². The van der Waals surface area contributed by atoms with Crippen LogP contribution in [0.25, 0.3) is 0 Å². The van der Waals surface area contributed by atoms with Gasteiger partial charge in [0.05, 0.1) is 18.1 Å². The average molecular weight is 277 g/mol. The van der Waals surface area contributed by atoms with E-state index in [1.807, 2.05) is 4.90 Å². The number of hydrogen-bond donors (Lipinski definition) is 0.